The summed E-state index contributed by atoms with van der Waals surface area (Å²) in [6.07, 6.45) is 5.50. The van der Waals surface area contributed by atoms with Crippen molar-refractivity contribution >= 4 is 11.2 Å². The van der Waals surface area contributed by atoms with Gasteiger partial charge in [-0.2, -0.15) is 0 Å². The van der Waals surface area contributed by atoms with Gasteiger partial charge in [0.1, 0.15) is 5.82 Å². The number of nitrogens with one attached hydrogen (secondary N) is 1. The summed E-state index contributed by atoms with van der Waals surface area (Å²) in [4.78, 5) is 40.7. The molecule has 1 fully saturated rings. The average molecular weight is 412 g/mol. The average Bonchev–Trinajstić information content (AvgIpc) is 3.06. The number of nitrogens with zero attached hydrogens (tertiary/aromatic N) is 6. The van der Waals surface area contributed by atoms with Crippen molar-refractivity contribution in [2.24, 2.45) is 7.05 Å². The maximum absolute atomic E-state index is 12.4. The molecule has 0 aromatic carbocycles. The van der Waals surface area contributed by atoms with Crippen LogP contribution < -0.4 is 11.2 Å². The van der Waals surface area contributed by atoms with E-state index >= 15 is 0 Å². The number of imidazole rings is 1. The predicted molar refractivity (Wildman–Crippen MR) is 115 cm³/mol. The first-order valence-electron chi connectivity index (χ1n) is 10.6. The summed E-state index contributed by atoms with van der Waals surface area (Å²) >= 11 is 0. The van der Waals surface area contributed by atoms with Crippen molar-refractivity contribution in [2.75, 3.05) is 26.2 Å². The first-order chi connectivity index (χ1) is 14.6. The lowest BCUT2D eigenvalue weighted by Gasteiger charge is -2.34. The molecule has 0 unspecified atom stereocenters. The smallest absolute Gasteiger partial charge is 0.324 e. The zero-order chi connectivity index (χ0) is 21.1. The van der Waals surface area contributed by atoms with E-state index in [1.165, 1.54) is 5.56 Å². The fourth-order valence-corrected chi connectivity index (χ4v) is 4.01. The number of pyridine rings is 1. The topological polar surface area (TPSA) is 92.0 Å². The molecule has 0 radical (unpaired) electrons. The zero-order valence-corrected chi connectivity index (χ0v) is 17.7. The van der Waals surface area contributed by atoms with Crippen molar-refractivity contribution in [3.63, 3.8) is 0 Å². The fraction of sp³-hybridized carbons (Fsp3) is 0.524. The van der Waals surface area contributed by atoms with Crippen LogP contribution in [0, 0.1) is 0 Å². The normalized spacial score (nSPS) is 15.8. The van der Waals surface area contributed by atoms with Crippen LogP contribution in [0.2, 0.25) is 0 Å². The van der Waals surface area contributed by atoms with Crippen LogP contribution >= 0.6 is 0 Å². The van der Waals surface area contributed by atoms with Gasteiger partial charge in [-0.1, -0.05) is 13.3 Å². The number of aryl methyl sites for hydroxylation is 2. The van der Waals surface area contributed by atoms with E-state index in [2.05, 4.69) is 38.8 Å². The summed E-state index contributed by atoms with van der Waals surface area (Å²) in [5.41, 5.74) is 1.49. The van der Waals surface area contributed by atoms with E-state index in [9.17, 15) is 9.59 Å². The second kappa shape index (κ2) is 8.93. The van der Waals surface area contributed by atoms with Gasteiger partial charge in [-0.05, 0) is 24.1 Å². The SMILES string of the molecule is CCCCn1c(=O)[nH]c(=O)c2c1nc(CN1CCN(Cc3ccncc3)CC1)n2C. The summed E-state index contributed by atoms with van der Waals surface area (Å²) < 4.78 is 3.43. The van der Waals surface area contributed by atoms with Crippen LogP contribution in [-0.2, 0) is 26.7 Å². The van der Waals surface area contributed by atoms with Gasteiger partial charge >= 0.3 is 5.69 Å². The minimum Gasteiger partial charge on any atom is -0.324 e. The lowest BCUT2D eigenvalue weighted by molar-refractivity contribution is 0.119. The molecule has 160 valence electrons. The van der Waals surface area contributed by atoms with E-state index < -0.39 is 0 Å². The Hall–Kier alpha value is -2.78. The van der Waals surface area contributed by atoms with Crippen LogP contribution in [0.4, 0.5) is 0 Å². The quantitative estimate of drug-likeness (QED) is 0.622. The molecule has 9 nitrogen and oxygen atoms in total. The molecular formula is C21H29N7O2. The molecule has 0 aliphatic carbocycles. The summed E-state index contributed by atoms with van der Waals surface area (Å²) in [5.74, 6) is 0.814. The zero-order valence-electron chi connectivity index (χ0n) is 17.7. The number of piperazine rings is 1. The molecule has 0 amide bonds. The lowest BCUT2D eigenvalue weighted by atomic mass is 10.2. The Labute approximate surface area is 175 Å². The number of H-pyrrole nitrogens is 1. The molecule has 0 spiro atoms. The van der Waals surface area contributed by atoms with E-state index in [-0.39, 0.29) is 11.2 Å². The molecule has 1 aliphatic rings. The number of unbranched alkanes of at least 4 members (excludes halogenated alkanes) is 1. The third-order valence-corrected chi connectivity index (χ3v) is 5.83. The molecular weight excluding hydrogens is 382 g/mol. The number of hydrogen-bond acceptors (Lipinski definition) is 6. The van der Waals surface area contributed by atoms with Crippen LogP contribution in [0.3, 0.4) is 0 Å². The Kier molecular flexibility index (Phi) is 6.10. The first kappa shape index (κ1) is 20.5. The van der Waals surface area contributed by atoms with Crippen LogP contribution in [-0.4, -0.2) is 60.1 Å². The van der Waals surface area contributed by atoms with Gasteiger partial charge in [0, 0.05) is 58.7 Å². The standard InChI is InChI=1S/C21H29N7O2/c1-3-4-9-28-19-18(20(29)24-21(28)30)25(2)17(23-19)15-27-12-10-26(11-13-27)14-16-5-7-22-8-6-16/h5-8H,3-4,9-15H2,1-2H3,(H,24,29,30). The van der Waals surface area contributed by atoms with E-state index in [0.29, 0.717) is 24.3 Å². The van der Waals surface area contributed by atoms with Crippen LogP contribution in [0.1, 0.15) is 31.2 Å². The second-order valence-electron chi connectivity index (χ2n) is 7.93. The van der Waals surface area contributed by atoms with Gasteiger partial charge in [0.15, 0.2) is 11.2 Å². The van der Waals surface area contributed by atoms with Crippen molar-refractivity contribution in [3.05, 3.63) is 56.8 Å². The summed E-state index contributed by atoms with van der Waals surface area (Å²) in [5, 5.41) is 0. The highest BCUT2D eigenvalue weighted by molar-refractivity contribution is 5.70. The number of fused-ring (bicyclic) bond motifs is 1. The Balaban J connectivity index is 1.48. The van der Waals surface area contributed by atoms with Crippen LogP contribution in [0.5, 0.6) is 0 Å². The third kappa shape index (κ3) is 4.22. The molecule has 1 aliphatic heterocycles. The number of rotatable bonds is 7. The fourth-order valence-electron chi connectivity index (χ4n) is 4.01. The van der Waals surface area contributed by atoms with E-state index in [0.717, 1.165) is 51.4 Å². The van der Waals surface area contributed by atoms with Gasteiger partial charge < -0.3 is 4.57 Å². The van der Waals surface area contributed by atoms with Crippen molar-refractivity contribution < 1.29 is 0 Å². The molecule has 0 atom stereocenters. The molecule has 4 rings (SSSR count). The predicted octanol–water partition coefficient (Wildman–Crippen LogP) is 0.936. The summed E-state index contributed by atoms with van der Waals surface area (Å²) in [6, 6.07) is 4.11. The van der Waals surface area contributed by atoms with Crippen LogP contribution in [0.15, 0.2) is 34.1 Å². The Morgan fingerprint density at radius 2 is 1.70 bits per heavy atom. The molecule has 3 aromatic rings. The van der Waals surface area contributed by atoms with Crippen molar-refractivity contribution in [2.45, 2.75) is 39.4 Å². The number of hydrogen-bond donors (Lipinski definition) is 1. The Morgan fingerprint density at radius 1 is 1.03 bits per heavy atom. The van der Waals surface area contributed by atoms with Gasteiger partial charge in [-0.15, -0.1) is 0 Å². The van der Waals surface area contributed by atoms with Crippen molar-refractivity contribution in [3.8, 4) is 0 Å². The monoisotopic (exact) mass is 411 g/mol. The number of aromatic amines is 1. The summed E-state index contributed by atoms with van der Waals surface area (Å²) in [7, 11) is 1.86. The molecule has 9 heteroatoms. The lowest BCUT2D eigenvalue weighted by Crippen LogP contribution is -2.45. The maximum atomic E-state index is 12.4. The van der Waals surface area contributed by atoms with E-state index in [4.69, 9.17) is 4.98 Å². The molecule has 3 aromatic heterocycles. The highest BCUT2D eigenvalue weighted by atomic mass is 16.2. The minimum atomic E-state index is -0.379. The first-order valence-corrected chi connectivity index (χ1v) is 10.6. The molecule has 4 heterocycles. The van der Waals surface area contributed by atoms with Gasteiger partial charge in [0.25, 0.3) is 5.56 Å². The third-order valence-electron chi connectivity index (χ3n) is 5.83. The van der Waals surface area contributed by atoms with Crippen molar-refractivity contribution in [1.29, 1.82) is 0 Å². The number of aromatic nitrogens is 5. The Morgan fingerprint density at radius 3 is 2.37 bits per heavy atom. The highest BCUT2D eigenvalue weighted by Crippen LogP contribution is 2.14. The van der Waals surface area contributed by atoms with E-state index in [1.807, 2.05) is 24.0 Å². The minimum absolute atomic E-state index is 0.369. The molecule has 30 heavy (non-hydrogen) atoms. The van der Waals surface area contributed by atoms with E-state index in [1.54, 1.807) is 4.57 Å². The largest absolute Gasteiger partial charge is 0.330 e. The van der Waals surface area contributed by atoms with Gasteiger partial charge in [-0.25, -0.2) is 9.78 Å². The molecule has 0 saturated carbocycles. The second-order valence-corrected chi connectivity index (χ2v) is 7.93. The highest BCUT2D eigenvalue weighted by Gasteiger charge is 2.21. The van der Waals surface area contributed by atoms with Gasteiger partial charge in [-0.3, -0.25) is 29.1 Å². The summed E-state index contributed by atoms with van der Waals surface area (Å²) in [6.45, 7) is 8.07. The maximum Gasteiger partial charge on any atom is 0.330 e. The van der Waals surface area contributed by atoms with Crippen LogP contribution in [0.25, 0.3) is 11.2 Å². The Bertz CT molecular complexity index is 1110. The molecule has 0 bridgehead atoms. The molecule has 1 saturated heterocycles. The molecule has 1 N–H and O–H groups in total. The van der Waals surface area contributed by atoms with Gasteiger partial charge in [0.2, 0.25) is 0 Å². The van der Waals surface area contributed by atoms with Crippen molar-refractivity contribution in [1.82, 2.24) is 33.9 Å². The van der Waals surface area contributed by atoms with Gasteiger partial charge in [0.05, 0.1) is 6.54 Å².